The second kappa shape index (κ2) is 6.90. The minimum Gasteiger partial charge on any atom is -0.369 e. The molecule has 1 saturated carbocycles. The van der Waals surface area contributed by atoms with E-state index in [0.29, 0.717) is 5.15 Å². The SMILES string of the molecule is CN1CCN(CCNc2cc(Cl)nc(CC3CC3)n2)CC1. The fourth-order valence-electron chi connectivity index (χ4n) is 2.64. The first kappa shape index (κ1) is 15.0. The van der Waals surface area contributed by atoms with Crippen molar-refractivity contribution in [1.82, 2.24) is 19.8 Å². The molecule has 6 heteroatoms. The zero-order valence-corrected chi connectivity index (χ0v) is 13.4. The van der Waals surface area contributed by atoms with Gasteiger partial charge in [0.25, 0.3) is 0 Å². The van der Waals surface area contributed by atoms with Crippen LogP contribution < -0.4 is 5.32 Å². The zero-order chi connectivity index (χ0) is 14.7. The molecule has 0 unspecified atom stereocenters. The van der Waals surface area contributed by atoms with Gasteiger partial charge in [-0.2, -0.15) is 0 Å². The molecular weight excluding hydrogens is 286 g/mol. The lowest BCUT2D eigenvalue weighted by Gasteiger charge is -2.32. The Balaban J connectivity index is 1.46. The largest absolute Gasteiger partial charge is 0.369 e. The fourth-order valence-corrected chi connectivity index (χ4v) is 2.84. The lowest BCUT2D eigenvalue weighted by molar-refractivity contribution is 0.158. The highest BCUT2D eigenvalue weighted by Crippen LogP contribution is 2.32. The van der Waals surface area contributed by atoms with Crippen LogP contribution in [0.4, 0.5) is 5.82 Å². The highest BCUT2D eigenvalue weighted by atomic mass is 35.5. The van der Waals surface area contributed by atoms with Crippen LogP contribution in [-0.2, 0) is 6.42 Å². The summed E-state index contributed by atoms with van der Waals surface area (Å²) in [6.45, 7) is 6.56. The highest BCUT2D eigenvalue weighted by Gasteiger charge is 2.23. The van der Waals surface area contributed by atoms with Crippen molar-refractivity contribution < 1.29 is 0 Å². The molecule has 0 radical (unpaired) electrons. The number of halogens is 1. The van der Waals surface area contributed by atoms with Gasteiger partial charge in [0.1, 0.15) is 16.8 Å². The van der Waals surface area contributed by atoms with Crippen molar-refractivity contribution in [2.45, 2.75) is 19.3 Å². The molecule has 1 saturated heterocycles. The second-order valence-corrected chi connectivity index (χ2v) is 6.60. The van der Waals surface area contributed by atoms with Crippen LogP contribution in [0.5, 0.6) is 0 Å². The maximum Gasteiger partial charge on any atom is 0.134 e. The third-order valence-electron chi connectivity index (χ3n) is 4.24. The van der Waals surface area contributed by atoms with Gasteiger partial charge >= 0.3 is 0 Å². The highest BCUT2D eigenvalue weighted by molar-refractivity contribution is 6.29. The molecule has 2 fully saturated rings. The summed E-state index contributed by atoms with van der Waals surface area (Å²) in [7, 11) is 2.18. The van der Waals surface area contributed by atoms with Gasteiger partial charge < -0.3 is 10.2 Å². The Labute approximate surface area is 131 Å². The van der Waals surface area contributed by atoms with Gasteiger partial charge in [0.2, 0.25) is 0 Å². The van der Waals surface area contributed by atoms with Crippen LogP contribution in [0, 0.1) is 5.92 Å². The van der Waals surface area contributed by atoms with Crippen LogP contribution in [-0.4, -0.2) is 66.1 Å². The van der Waals surface area contributed by atoms with Crippen molar-refractivity contribution >= 4 is 17.4 Å². The number of piperazine rings is 1. The molecule has 0 amide bonds. The van der Waals surface area contributed by atoms with Crippen LogP contribution in [0.1, 0.15) is 18.7 Å². The van der Waals surface area contributed by atoms with Crippen molar-refractivity contribution in [2.24, 2.45) is 5.92 Å². The van der Waals surface area contributed by atoms with E-state index in [-0.39, 0.29) is 0 Å². The van der Waals surface area contributed by atoms with Gasteiger partial charge in [-0.05, 0) is 25.8 Å². The van der Waals surface area contributed by atoms with Crippen molar-refractivity contribution in [3.63, 3.8) is 0 Å². The van der Waals surface area contributed by atoms with Crippen LogP contribution in [0.3, 0.4) is 0 Å². The Hall–Kier alpha value is -0.910. The first-order chi connectivity index (χ1) is 10.2. The number of nitrogens with one attached hydrogen (secondary N) is 1. The molecule has 1 aromatic rings. The fraction of sp³-hybridized carbons (Fsp3) is 0.733. The van der Waals surface area contributed by atoms with E-state index in [1.54, 1.807) is 0 Å². The quantitative estimate of drug-likeness (QED) is 0.811. The van der Waals surface area contributed by atoms with E-state index in [4.69, 9.17) is 11.6 Å². The molecule has 0 spiro atoms. The van der Waals surface area contributed by atoms with E-state index in [0.717, 1.165) is 63.2 Å². The molecular formula is C15H24ClN5. The number of rotatable bonds is 6. The molecule has 116 valence electrons. The van der Waals surface area contributed by atoms with Crippen LogP contribution in [0.2, 0.25) is 5.15 Å². The molecule has 3 rings (SSSR count). The molecule has 0 aromatic carbocycles. The summed E-state index contributed by atoms with van der Waals surface area (Å²) in [5.41, 5.74) is 0. The van der Waals surface area contributed by atoms with E-state index in [2.05, 4.69) is 32.1 Å². The third-order valence-corrected chi connectivity index (χ3v) is 4.43. The van der Waals surface area contributed by atoms with Gasteiger partial charge in [-0.25, -0.2) is 9.97 Å². The molecule has 1 aromatic heterocycles. The molecule has 1 N–H and O–H groups in total. The van der Waals surface area contributed by atoms with Gasteiger partial charge in [0, 0.05) is 51.8 Å². The van der Waals surface area contributed by atoms with Crippen molar-refractivity contribution in [1.29, 1.82) is 0 Å². The molecule has 1 aliphatic heterocycles. The number of hydrogen-bond acceptors (Lipinski definition) is 5. The zero-order valence-electron chi connectivity index (χ0n) is 12.7. The lowest BCUT2D eigenvalue weighted by atomic mass is 10.3. The van der Waals surface area contributed by atoms with Gasteiger partial charge in [-0.1, -0.05) is 11.6 Å². The van der Waals surface area contributed by atoms with Gasteiger partial charge in [0.05, 0.1) is 0 Å². The summed E-state index contributed by atoms with van der Waals surface area (Å²) in [6.07, 6.45) is 3.58. The van der Waals surface area contributed by atoms with Crippen molar-refractivity contribution in [3.8, 4) is 0 Å². The molecule has 21 heavy (non-hydrogen) atoms. The van der Waals surface area contributed by atoms with Crippen LogP contribution in [0.25, 0.3) is 0 Å². The average Bonchev–Trinajstić information content (AvgIpc) is 3.24. The Morgan fingerprint density at radius 1 is 1.24 bits per heavy atom. The van der Waals surface area contributed by atoms with Crippen LogP contribution >= 0.6 is 11.6 Å². The number of likely N-dealkylation sites (N-methyl/N-ethyl adjacent to an activating group) is 1. The third kappa shape index (κ3) is 4.80. The first-order valence-electron chi connectivity index (χ1n) is 7.87. The van der Waals surface area contributed by atoms with E-state index in [1.165, 1.54) is 12.8 Å². The lowest BCUT2D eigenvalue weighted by Crippen LogP contribution is -2.45. The molecule has 0 bridgehead atoms. The van der Waals surface area contributed by atoms with E-state index >= 15 is 0 Å². The average molecular weight is 310 g/mol. The standard InChI is InChI=1S/C15H24ClN5/c1-20-6-8-21(9-7-20)5-4-17-14-11-13(16)18-15(19-14)10-12-2-3-12/h11-12H,2-10H2,1H3,(H,17,18,19). The number of nitrogens with zero attached hydrogens (tertiary/aromatic N) is 4. The maximum atomic E-state index is 6.09. The molecule has 5 nitrogen and oxygen atoms in total. The number of anilines is 1. The summed E-state index contributed by atoms with van der Waals surface area (Å²) in [5, 5.41) is 3.93. The normalized spacial score (nSPS) is 20.7. The molecule has 0 atom stereocenters. The van der Waals surface area contributed by atoms with E-state index in [9.17, 15) is 0 Å². The first-order valence-corrected chi connectivity index (χ1v) is 8.25. The van der Waals surface area contributed by atoms with Crippen molar-refractivity contribution in [3.05, 3.63) is 17.0 Å². The Bertz CT molecular complexity index is 469. The summed E-state index contributed by atoms with van der Waals surface area (Å²) >= 11 is 6.09. The predicted octanol–water partition coefficient (Wildman–Crippen LogP) is 1.74. The minimum atomic E-state index is 0.544. The molecule has 2 aliphatic rings. The molecule has 1 aliphatic carbocycles. The van der Waals surface area contributed by atoms with E-state index < -0.39 is 0 Å². The van der Waals surface area contributed by atoms with Gasteiger partial charge in [-0.15, -0.1) is 0 Å². The van der Waals surface area contributed by atoms with Crippen molar-refractivity contribution in [2.75, 3.05) is 51.6 Å². The second-order valence-electron chi connectivity index (χ2n) is 6.21. The van der Waals surface area contributed by atoms with E-state index in [1.807, 2.05) is 6.07 Å². The Kier molecular flexibility index (Phi) is 4.93. The summed E-state index contributed by atoms with van der Waals surface area (Å²) in [4.78, 5) is 13.8. The molecule has 2 heterocycles. The topological polar surface area (TPSA) is 44.3 Å². The van der Waals surface area contributed by atoms with Gasteiger partial charge in [-0.3, -0.25) is 4.90 Å². The van der Waals surface area contributed by atoms with Gasteiger partial charge in [0.15, 0.2) is 0 Å². The number of hydrogen-bond donors (Lipinski definition) is 1. The predicted molar refractivity (Wildman–Crippen MR) is 85.9 cm³/mol. The minimum absolute atomic E-state index is 0.544. The summed E-state index contributed by atoms with van der Waals surface area (Å²) < 4.78 is 0. The Morgan fingerprint density at radius 3 is 2.71 bits per heavy atom. The summed E-state index contributed by atoms with van der Waals surface area (Å²) in [5.74, 6) is 2.52. The monoisotopic (exact) mass is 309 g/mol. The maximum absolute atomic E-state index is 6.09. The smallest absolute Gasteiger partial charge is 0.134 e. The number of aromatic nitrogens is 2. The summed E-state index contributed by atoms with van der Waals surface area (Å²) in [6, 6.07) is 1.82. The Morgan fingerprint density at radius 2 is 2.00 bits per heavy atom. The van der Waals surface area contributed by atoms with Crippen LogP contribution in [0.15, 0.2) is 6.07 Å².